The molecule has 4 heteroatoms. The van der Waals surface area contributed by atoms with Crippen LogP contribution in [0.2, 0.25) is 0 Å². The molecule has 1 fully saturated rings. The van der Waals surface area contributed by atoms with Crippen molar-refractivity contribution in [1.29, 1.82) is 0 Å². The summed E-state index contributed by atoms with van der Waals surface area (Å²) in [7, 11) is 0. The molecule has 0 saturated carbocycles. The van der Waals surface area contributed by atoms with Gasteiger partial charge in [0, 0.05) is 19.8 Å². The van der Waals surface area contributed by atoms with Crippen LogP contribution in [0.15, 0.2) is 78.4 Å². The summed E-state index contributed by atoms with van der Waals surface area (Å²) in [4.78, 5) is 24.3. The number of allylic oxidation sites excluding steroid dienone is 2. The summed E-state index contributed by atoms with van der Waals surface area (Å²) < 4.78 is 10.3. The molecule has 0 bridgehead atoms. The average Bonchev–Trinajstić information content (AvgIpc) is 2.64. The van der Waals surface area contributed by atoms with Gasteiger partial charge >= 0.3 is 11.9 Å². The second-order valence-corrected chi connectivity index (χ2v) is 6.82. The molecule has 1 aliphatic rings. The zero-order valence-electron chi connectivity index (χ0n) is 15.4. The Labute approximate surface area is 159 Å². The molecule has 1 heterocycles. The van der Waals surface area contributed by atoms with Gasteiger partial charge < -0.3 is 9.47 Å². The second-order valence-electron chi connectivity index (χ2n) is 6.82. The molecular weight excluding hydrogens is 340 g/mol. The summed E-state index contributed by atoms with van der Waals surface area (Å²) in [6.45, 7) is 3.07. The number of hydrogen-bond acceptors (Lipinski definition) is 4. The fraction of sp³-hybridized carbons (Fsp3) is 0.217. The summed E-state index contributed by atoms with van der Waals surface area (Å²) >= 11 is 0. The number of carbonyl (C=O) groups is 2. The lowest BCUT2D eigenvalue weighted by molar-refractivity contribution is -0.222. The van der Waals surface area contributed by atoms with Crippen LogP contribution in [0.1, 0.15) is 37.3 Å². The minimum absolute atomic E-state index is 0.00874. The molecule has 0 radical (unpaired) electrons. The van der Waals surface area contributed by atoms with E-state index in [1.54, 1.807) is 6.08 Å². The molecule has 138 valence electrons. The molecule has 0 N–H and O–H groups in total. The Kier molecular flexibility index (Phi) is 5.55. The van der Waals surface area contributed by atoms with Gasteiger partial charge in [-0.25, -0.2) is 9.59 Å². The molecule has 3 rings (SSSR count). The van der Waals surface area contributed by atoms with Gasteiger partial charge in [-0.15, -0.1) is 0 Å². The van der Waals surface area contributed by atoms with Gasteiger partial charge in [0.1, 0.15) is 5.57 Å². The van der Waals surface area contributed by atoms with Gasteiger partial charge in [-0.3, -0.25) is 0 Å². The number of benzene rings is 2. The summed E-state index contributed by atoms with van der Waals surface area (Å²) in [6.07, 6.45) is 6.20. The lowest BCUT2D eigenvalue weighted by Gasteiger charge is -2.29. The molecule has 4 nitrogen and oxygen atoms in total. The number of cyclic esters (lactones) is 2. The summed E-state index contributed by atoms with van der Waals surface area (Å²) in [5.41, 5.74) is 2.13. The van der Waals surface area contributed by atoms with Crippen molar-refractivity contribution in [2.24, 2.45) is 0 Å². The van der Waals surface area contributed by atoms with Gasteiger partial charge in [0.15, 0.2) is 0 Å². The molecule has 0 amide bonds. The second kappa shape index (κ2) is 8.04. The highest BCUT2D eigenvalue weighted by molar-refractivity contribution is 6.15. The summed E-state index contributed by atoms with van der Waals surface area (Å²) in [5, 5.41) is 0. The Hall–Kier alpha value is -3.14. The lowest BCUT2D eigenvalue weighted by Crippen LogP contribution is -2.41. The van der Waals surface area contributed by atoms with Crippen LogP contribution in [0.4, 0.5) is 0 Å². The van der Waals surface area contributed by atoms with Crippen LogP contribution in [0.3, 0.4) is 0 Å². The van der Waals surface area contributed by atoms with E-state index in [4.69, 9.17) is 9.47 Å². The Morgan fingerprint density at radius 1 is 0.889 bits per heavy atom. The minimum atomic E-state index is -1.22. The van der Waals surface area contributed by atoms with Gasteiger partial charge in [0.25, 0.3) is 5.79 Å². The smallest absolute Gasteiger partial charge is 0.348 e. The third-order valence-corrected chi connectivity index (χ3v) is 4.24. The van der Waals surface area contributed by atoms with Crippen LogP contribution < -0.4 is 0 Å². The van der Waals surface area contributed by atoms with E-state index in [0.29, 0.717) is 6.42 Å². The number of rotatable bonds is 5. The molecule has 0 spiro atoms. The van der Waals surface area contributed by atoms with Crippen LogP contribution in [-0.2, 0) is 19.1 Å². The van der Waals surface area contributed by atoms with Gasteiger partial charge in [0.2, 0.25) is 0 Å². The first kappa shape index (κ1) is 18.6. The Morgan fingerprint density at radius 2 is 1.44 bits per heavy atom. The lowest BCUT2D eigenvalue weighted by atomic mass is 9.93. The predicted octanol–water partition coefficient (Wildman–Crippen LogP) is 4.64. The fourth-order valence-corrected chi connectivity index (χ4v) is 2.89. The topological polar surface area (TPSA) is 52.6 Å². The molecule has 1 atom stereocenters. The van der Waals surface area contributed by atoms with E-state index in [1.165, 1.54) is 13.8 Å². The van der Waals surface area contributed by atoms with Crippen molar-refractivity contribution in [1.82, 2.24) is 0 Å². The maximum Gasteiger partial charge on any atom is 0.348 e. The normalized spacial score (nSPS) is 17.3. The Bertz CT molecular complexity index is 842. The molecule has 1 saturated heterocycles. The van der Waals surface area contributed by atoms with E-state index >= 15 is 0 Å². The number of carbonyl (C=O) groups excluding carboxylic acids is 2. The van der Waals surface area contributed by atoms with Crippen molar-refractivity contribution in [2.75, 3.05) is 0 Å². The first-order valence-corrected chi connectivity index (χ1v) is 8.90. The van der Waals surface area contributed by atoms with Crippen molar-refractivity contribution in [3.05, 3.63) is 89.5 Å². The standard InChI is InChI=1S/C23H22O4/c1-23(2)26-21(24)20(22(25)27-23)16-15-19(18-11-7-4-8-12-18)14-13-17-9-5-3-6-10-17/h3-14,16,19H,15H2,1-2H3/b14-13+/t19-/m1/s1. The van der Waals surface area contributed by atoms with Crippen molar-refractivity contribution in [3.8, 4) is 0 Å². The molecule has 1 aliphatic heterocycles. The van der Waals surface area contributed by atoms with Crippen molar-refractivity contribution >= 4 is 18.0 Å². The first-order valence-electron chi connectivity index (χ1n) is 8.90. The van der Waals surface area contributed by atoms with Crippen LogP contribution in [-0.4, -0.2) is 17.7 Å². The molecular formula is C23H22O4. The minimum Gasteiger partial charge on any atom is -0.419 e. The maximum atomic E-state index is 12.1. The number of esters is 2. The van der Waals surface area contributed by atoms with Crippen LogP contribution in [0.5, 0.6) is 0 Å². The molecule has 0 aromatic heterocycles. The molecule has 27 heavy (non-hydrogen) atoms. The summed E-state index contributed by atoms with van der Waals surface area (Å²) in [5.74, 6) is -2.50. The van der Waals surface area contributed by atoms with Gasteiger partial charge in [-0.1, -0.05) is 78.9 Å². The molecule has 2 aromatic rings. The molecule has 0 unspecified atom stereocenters. The van der Waals surface area contributed by atoms with Crippen LogP contribution in [0, 0.1) is 0 Å². The monoisotopic (exact) mass is 362 g/mol. The third kappa shape index (κ3) is 4.94. The average molecular weight is 362 g/mol. The molecule has 0 aliphatic carbocycles. The van der Waals surface area contributed by atoms with Crippen molar-refractivity contribution < 1.29 is 19.1 Å². The highest BCUT2D eigenvalue weighted by Gasteiger charge is 2.38. The van der Waals surface area contributed by atoms with E-state index in [1.807, 2.05) is 66.7 Å². The largest absolute Gasteiger partial charge is 0.419 e. The number of hydrogen-bond donors (Lipinski definition) is 0. The van der Waals surface area contributed by atoms with Crippen molar-refractivity contribution in [3.63, 3.8) is 0 Å². The highest BCUT2D eigenvalue weighted by atomic mass is 16.7. The van der Waals surface area contributed by atoms with E-state index in [-0.39, 0.29) is 11.5 Å². The SMILES string of the molecule is CC1(C)OC(=O)C(=CC[C@@H](/C=C/c2ccccc2)c2ccccc2)C(=O)O1. The van der Waals surface area contributed by atoms with E-state index < -0.39 is 17.7 Å². The van der Waals surface area contributed by atoms with Crippen molar-refractivity contribution in [2.45, 2.75) is 32.0 Å². The Morgan fingerprint density at radius 3 is 2.04 bits per heavy atom. The van der Waals surface area contributed by atoms with Gasteiger partial charge in [0.05, 0.1) is 0 Å². The van der Waals surface area contributed by atoms with E-state index in [0.717, 1.165) is 11.1 Å². The zero-order valence-corrected chi connectivity index (χ0v) is 15.4. The fourth-order valence-electron chi connectivity index (χ4n) is 2.89. The van der Waals surface area contributed by atoms with Gasteiger partial charge in [-0.2, -0.15) is 0 Å². The Balaban J connectivity index is 1.83. The van der Waals surface area contributed by atoms with Crippen LogP contribution in [0.25, 0.3) is 6.08 Å². The third-order valence-electron chi connectivity index (χ3n) is 4.24. The quantitative estimate of drug-likeness (QED) is 0.442. The first-order chi connectivity index (χ1) is 12.9. The maximum absolute atomic E-state index is 12.1. The van der Waals surface area contributed by atoms with E-state index in [2.05, 4.69) is 6.08 Å². The number of ether oxygens (including phenoxy) is 2. The highest BCUT2D eigenvalue weighted by Crippen LogP contribution is 2.27. The van der Waals surface area contributed by atoms with E-state index in [9.17, 15) is 9.59 Å². The predicted molar refractivity (Wildman–Crippen MR) is 104 cm³/mol. The van der Waals surface area contributed by atoms with Gasteiger partial charge in [-0.05, 0) is 17.5 Å². The zero-order chi connectivity index (χ0) is 19.3. The summed E-state index contributed by atoms with van der Waals surface area (Å²) in [6, 6.07) is 19.9. The molecule has 2 aromatic carbocycles. The van der Waals surface area contributed by atoms with Crippen LogP contribution >= 0.6 is 0 Å².